The second-order valence-electron chi connectivity index (χ2n) is 0.595. The van der Waals surface area contributed by atoms with Crippen molar-refractivity contribution in [1.82, 2.24) is 0 Å². The summed E-state index contributed by atoms with van der Waals surface area (Å²) in [5.74, 6) is -0.764. The van der Waals surface area contributed by atoms with Gasteiger partial charge in [-0.15, -0.1) is 0 Å². The summed E-state index contributed by atoms with van der Waals surface area (Å²) in [6.07, 6.45) is 0. The number of ketones is 1. The summed E-state index contributed by atoms with van der Waals surface area (Å²) in [6, 6.07) is 0. The minimum Gasteiger partial charge on any atom is -0.389 e. The van der Waals surface area contributed by atoms with Gasteiger partial charge in [-0.3, -0.25) is 4.79 Å². The van der Waals surface area contributed by atoms with Crippen molar-refractivity contribution in [2.75, 3.05) is 6.58 Å². The molecule has 0 aromatic carbocycles. The topological polar surface area (TPSA) is 37.3 Å². The molecule has 0 rings (SSSR count). The molecule has 0 saturated carbocycles. The van der Waals surface area contributed by atoms with E-state index < -0.39 is 19.3 Å². The third-order valence-electron chi connectivity index (χ3n) is 0.144. The van der Waals surface area contributed by atoms with Crippen molar-refractivity contribution in [2.45, 2.75) is 6.90 Å². The summed E-state index contributed by atoms with van der Waals surface area (Å²) in [7, 11) is 0. The van der Waals surface area contributed by atoms with E-state index in [1.807, 2.05) is 0 Å². The molecule has 0 heterocycles. The van der Waals surface area contributed by atoms with Crippen LogP contribution < -0.4 is 0 Å². The number of hydrogen-bond donors (Lipinski definition) is 1. The van der Waals surface area contributed by atoms with Gasteiger partial charge in [0.15, 0.2) is 5.78 Å². The lowest BCUT2D eigenvalue weighted by Gasteiger charge is -1.72. The van der Waals surface area contributed by atoms with Crippen LogP contribution in [0, 0.1) is 0 Å². The molecule has 30 valence electrons. The highest BCUT2D eigenvalue weighted by atomic mass is 16.3. The molecule has 0 radical (unpaired) electrons. The Morgan fingerprint density at radius 2 is 3.20 bits per heavy atom. The van der Waals surface area contributed by atoms with E-state index >= 15 is 0 Å². The predicted molar refractivity (Wildman–Crippen MR) is 17.8 cm³/mol. The summed E-state index contributed by atoms with van der Waals surface area (Å²) >= 11 is 0. The molecule has 1 atom stereocenters. The van der Waals surface area contributed by atoms with Crippen molar-refractivity contribution in [2.24, 2.45) is 0 Å². The van der Waals surface area contributed by atoms with Gasteiger partial charge in [-0.25, -0.2) is 0 Å². The molecular formula is C3H6O2. The van der Waals surface area contributed by atoms with Crippen LogP contribution in [0.2, 0.25) is 0 Å². The summed E-state index contributed by atoms with van der Waals surface area (Å²) in [5.41, 5.74) is 0. The Balaban J connectivity index is 3.35. The predicted octanol–water partition coefficient (Wildman–Crippen LogP) is -0.432. The van der Waals surface area contributed by atoms with E-state index in [1.54, 1.807) is 0 Å². The normalized spacial score (nSPS) is 19.4. The van der Waals surface area contributed by atoms with E-state index in [0.29, 0.717) is 0 Å². The first kappa shape index (κ1) is 1.92. The maximum Gasteiger partial charge on any atom is 0.155 e. The summed E-state index contributed by atoms with van der Waals surface area (Å²) in [6.45, 7) is -2.22. The van der Waals surface area contributed by atoms with E-state index in [0.717, 1.165) is 0 Å². The van der Waals surface area contributed by atoms with Crippen molar-refractivity contribution in [3.8, 4) is 0 Å². The highest BCUT2D eigenvalue weighted by Gasteiger charge is 1.78. The SMILES string of the molecule is [2H]CC(=O)C([2H])O. The fourth-order valence-electron chi connectivity index (χ4n) is 0. The number of aliphatic hydroxyl groups excluding tert-OH is 1. The monoisotopic (exact) mass is 76.0 g/mol. The number of Topliss-reactive ketones (excluding diaryl/α,β-unsaturated/α-hetero) is 1. The van der Waals surface area contributed by atoms with Crippen LogP contribution >= 0.6 is 0 Å². The Bertz CT molecular complexity index is 71.3. The smallest absolute Gasteiger partial charge is 0.155 e. The van der Waals surface area contributed by atoms with Gasteiger partial charge in [0.05, 0.1) is 1.37 Å². The summed E-state index contributed by atoms with van der Waals surface area (Å²) in [4.78, 5) is 9.89. The van der Waals surface area contributed by atoms with Crippen molar-refractivity contribution in [1.29, 1.82) is 0 Å². The standard InChI is InChI=1S/C3H6O2/c1-3(5)2-4/h4H,2H2,1H3/i1D,2D. The Labute approximate surface area is 33.2 Å². The molecule has 0 aromatic heterocycles. The van der Waals surface area contributed by atoms with Crippen molar-refractivity contribution < 1.29 is 12.6 Å². The quantitative estimate of drug-likeness (QED) is 0.460. The zero-order valence-electron chi connectivity index (χ0n) is 4.64. The van der Waals surface area contributed by atoms with E-state index in [9.17, 15) is 4.79 Å². The molecule has 0 aliphatic carbocycles. The van der Waals surface area contributed by atoms with Gasteiger partial charge in [0, 0.05) is 1.37 Å². The maximum atomic E-state index is 9.89. The molecule has 1 unspecified atom stereocenters. The highest BCUT2D eigenvalue weighted by molar-refractivity contribution is 5.76. The molecule has 0 spiro atoms. The van der Waals surface area contributed by atoms with Gasteiger partial charge in [-0.2, -0.15) is 0 Å². The number of carbonyl (C=O) groups excluding carboxylic acids is 1. The van der Waals surface area contributed by atoms with Gasteiger partial charge >= 0.3 is 0 Å². The summed E-state index contributed by atoms with van der Waals surface area (Å²) < 4.78 is 12.6. The first-order valence-corrected chi connectivity index (χ1v) is 1.10. The lowest BCUT2D eigenvalue weighted by Crippen LogP contribution is -1.93. The minimum absolute atomic E-state index is 0.509. The number of hydrogen-bond acceptors (Lipinski definition) is 2. The molecule has 0 aromatic rings. The average molecular weight is 76.1 g/mol. The Kier molecular flexibility index (Phi) is 0.734. The van der Waals surface area contributed by atoms with Gasteiger partial charge in [-0.1, -0.05) is 0 Å². The molecule has 0 bridgehead atoms. The average Bonchev–Trinajstić information content (AvgIpc) is 1.65. The molecule has 0 saturated heterocycles. The van der Waals surface area contributed by atoms with E-state index in [-0.39, 0.29) is 0 Å². The third-order valence-corrected chi connectivity index (χ3v) is 0.144. The van der Waals surface area contributed by atoms with Crippen LogP contribution in [0.5, 0.6) is 0 Å². The molecule has 1 N–H and O–H groups in total. The molecular weight excluding hydrogens is 68.0 g/mol. The van der Waals surface area contributed by atoms with Gasteiger partial charge in [0.25, 0.3) is 0 Å². The molecule has 2 nitrogen and oxygen atoms in total. The van der Waals surface area contributed by atoms with E-state index in [2.05, 4.69) is 0 Å². The first-order valence-electron chi connectivity index (χ1n) is 2.39. The van der Waals surface area contributed by atoms with E-state index in [4.69, 9.17) is 7.85 Å². The van der Waals surface area contributed by atoms with Crippen LogP contribution in [0.15, 0.2) is 0 Å². The second-order valence-corrected chi connectivity index (χ2v) is 0.595. The van der Waals surface area contributed by atoms with E-state index in [1.165, 1.54) is 0 Å². The number of rotatable bonds is 1. The van der Waals surface area contributed by atoms with Crippen molar-refractivity contribution in [3.63, 3.8) is 0 Å². The van der Waals surface area contributed by atoms with Crippen LogP contribution in [-0.4, -0.2) is 17.5 Å². The Morgan fingerprint density at radius 1 is 2.60 bits per heavy atom. The lowest BCUT2D eigenvalue weighted by atomic mass is 10.5. The van der Waals surface area contributed by atoms with Gasteiger partial charge < -0.3 is 5.11 Å². The van der Waals surface area contributed by atoms with Crippen LogP contribution in [0.3, 0.4) is 0 Å². The zero-order valence-corrected chi connectivity index (χ0v) is 2.64. The summed E-state index contributed by atoms with van der Waals surface area (Å²) in [5, 5.41) is 8.02. The molecule has 0 aliphatic heterocycles. The fourth-order valence-corrected chi connectivity index (χ4v) is 0. The molecule has 2 heteroatoms. The van der Waals surface area contributed by atoms with Crippen LogP contribution in [0.4, 0.5) is 0 Å². The van der Waals surface area contributed by atoms with Crippen LogP contribution in [0.1, 0.15) is 9.64 Å². The lowest BCUT2D eigenvalue weighted by molar-refractivity contribution is -0.119. The highest BCUT2D eigenvalue weighted by Crippen LogP contribution is 1.55. The first-order chi connectivity index (χ1) is 3.18. The fraction of sp³-hybridized carbons (Fsp3) is 0.667. The van der Waals surface area contributed by atoms with Crippen molar-refractivity contribution >= 4 is 5.78 Å². The molecule has 5 heavy (non-hydrogen) atoms. The largest absolute Gasteiger partial charge is 0.389 e. The second kappa shape index (κ2) is 1.91. The van der Waals surface area contributed by atoms with Gasteiger partial charge in [0.2, 0.25) is 0 Å². The minimum atomic E-state index is -1.71. The number of carbonyl (C=O) groups is 1. The third kappa shape index (κ3) is 3.63. The van der Waals surface area contributed by atoms with Gasteiger partial charge in [-0.05, 0) is 6.90 Å². The van der Waals surface area contributed by atoms with Crippen LogP contribution in [-0.2, 0) is 4.79 Å². The Morgan fingerprint density at radius 3 is 3.20 bits per heavy atom. The molecule has 0 amide bonds. The van der Waals surface area contributed by atoms with Crippen molar-refractivity contribution in [3.05, 3.63) is 0 Å². The number of aliphatic hydroxyl groups is 1. The van der Waals surface area contributed by atoms with Gasteiger partial charge in [0.1, 0.15) is 6.58 Å². The maximum absolute atomic E-state index is 9.89. The molecule has 0 aliphatic rings. The van der Waals surface area contributed by atoms with Crippen LogP contribution in [0.25, 0.3) is 0 Å². The zero-order chi connectivity index (χ0) is 5.86. The Hall–Kier alpha value is -0.370. The molecule has 0 fully saturated rings.